The Kier molecular flexibility index (Phi) is 3.28. The third kappa shape index (κ3) is 2.45. The Bertz CT molecular complexity index is 300. The highest BCUT2D eigenvalue weighted by Gasteiger charge is 1.92. The van der Waals surface area contributed by atoms with Gasteiger partial charge in [0.25, 0.3) is 0 Å². The van der Waals surface area contributed by atoms with E-state index in [1.54, 1.807) is 18.5 Å². The van der Waals surface area contributed by atoms with Crippen molar-refractivity contribution in [1.29, 1.82) is 0 Å². The van der Waals surface area contributed by atoms with Crippen LogP contribution in [0.3, 0.4) is 0 Å². The summed E-state index contributed by atoms with van der Waals surface area (Å²) in [7, 11) is 0. The number of hydrogen-bond acceptors (Lipinski definition) is 2. The van der Waals surface area contributed by atoms with Crippen LogP contribution in [0.25, 0.3) is 0 Å². The number of aromatic nitrogens is 1. The molecule has 0 aliphatic rings. The molecule has 11 heavy (non-hydrogen) atoms. The summed E-state index contributed by atoms with van der Waals surface area (Å²) in [6.07, 6.45) is 3.27. The van der Waals surface area contributed by atoms with Crippen molar-refractivity contribution in [2.75, 3.05) is 5.75 Å². The van der Waals surface area contributed by atoms with Gasteiger partial charge in [-0.25, -0.2) is 0 Å². The number of thiol groups is 1. The Hall–Kier alpha value is -0.650. The maximum absolute atomic E-state index is 5.79. The van der Waals surface area contributed by atoms with Gasteiger partial charge in [0.2, 0.25) is 0 Å². The lowest BCUT2D eigenvalue weighted by Gasteiger charge is -1.90. The first kappa shape index (κ1) is 8.45. The van der Waals surface area contributed by atoms with Gasteiger partial charge in [-0.05, 0) is 6.07 Å². The molecule has 1 rings (SSSR count). The normalized spacial score (nSPS) is 8.55. The molecule has 0 saturated carbocycles. The van der Waals surface area contributed by atoms with Crippen LogP contribution in [0.15, 0.2) is 18.5 Å². The molecule has 56 valence electrons. The Morgan fingerprint density at radius 2 is 2.45 bits per heavy atom. The van der Waals surface area contributed by atoms with Gasteiger partial charge in [-0.1, -0.05) is 23.4 Å². The van der Waals surface area contributed by atoms with Crippen LogP contribution in [0.4, 0.5) is 0 Å². The number of pyridine rings is 1. The van der Waals surface area contributed by atoms with Gasteiger partial charge >= 0.3 is 0 Å². The molecule has 0 unspecified atom stereocenters. The zero-order valence-electron chi connectivity index (χ0n) is 5.71. The van der Waals surface area contributed by atoms with Crippen molar-refractivity contribution in [1.82, 2.24) is 4.98 Å². The highest BCUT2D eigenvalue weighted by atomic mass is 35.5. The smallest absolute Gasteiger partial charge is 0.0615 e. The minimum atomic E-state index is 0.533. The summed E-state index contributed by atoms with van der Waals surface area (Å²) in [6, 6.07) is 1.71. The van der Waals surface area contributed by atoms with Crippen LogP contribution < -0.4 is 0 Å². The second-order valence-corrected chi connectivity index (χ2v) is 2.54. The number of nitrogens with zero attached hydrogens (tertiary/aromatic N) is 1. The van der Waals surface area contributed by atoms with Crippen molar-refractivity contribution in [2.45, 2.75) is 0 Å². The topological polar surface area (TPSA) is 12.9 Å². The molecule has 3 heteroatoms. The van der Waals surface area contributed by atoms with E-state index in [1.165, 1.54) is 0 Å². The Balaban J connectivity index is 2.95. The predicted octanol–water partition coefficient (Wildman–Crippen LogP) is 2.02. The third-order valence-corrected chi connectivity index (χ3v) is 1.56. The van der Waals surface area contributed by atoms with E-state index in [-0.39, 0.29) is 0 Å². The maximum Gasteiger partial charge on any atom is 0.0615 e. The SMILES string of the molecule is SCC#Cc1cnccc1Cl. The molecule has 0 aliphatic heterocycles. The number of rotatable bonds is 0. The molecule has 0 aliphatic carbocycles. The molecule has 1 heterocycles. The van der Waals surface area contributed by atoms with E-state index in [9.17, 15) is 0 Å². The second-order valence-electron chi connectivity index (χ2n) is 1.82. The second kappa shape index (κ2) is 4.27. The maximum atomic E-state index is 5.79. The molecule has 0 fully saturated rings. The van der Waals surface area contributed by atoms with Gasteiger partial charge in [0.1, 0.15) is 0 Å². The summed E-state index contributed by atoms with van der Waals surface area (Å²) in [5.74, 6) is 6.17. The summed E-state index contributed by atoms with van der Waals surface area (Å²) in [5, 5.41) is 0.634. The van der Waals surface area contributed by atoms with Gasteiger partial charge in [0, 0.05) is 12.4 Å². The fourth-order valence-electron chi connectivity index (χ4n) is 0.604. The standard InChI is InChI=1S/C8H6ClNS/c9-8-3-4-10-6-7(8)2-1-5-11/h3-4,6,11H,5H2. The van der Waals surface area contributed by atoms with Gasteiger partial charge in [0.05, 0.1) is 16.3 Å². The molecule has 0 amide bonds. The lowest BCUT2D eigenvalue weighted by Crippen LogP contribution is -1.78. The van der Waals surface area contributed by atoms with Crippen LogP contribution in [0.5, 0.6) is 0 Å². The third-order valence-electron chi connectivity index (χ3n) is 1.07. The molecular formula is C8H6ClNS. The van der Waals surface area contributed by atoms with Crippen LogP contribution in [0, 0.1) is 11.8 Å². The lowest BCUT2D eigenvalue weighted by atomic mass is 10.3. The molecule has 0 spiro atoms. The summed E-state index contributed by atoms with van der Waals surface area (Å²) < 4.78 is 0. The van der Waals surface area contributed by atoms with Gasteiger partial charge in [0.15, 0.2) is 0 Å². The molecule has 1 aromatic heterocycles. The van der Waals surface area contributed by atoms with E-state index in [2.05, 4.69) is 29.5 Å². The monoisotopic (exact) mass is 183 g/mol. The summed E-state index contributed by atoms with van der Waals surface area (Å²) in [6.45, 7) is 0. The van der Waals surface area contributed by atoms with Crippen LogP contribution in [0.2, 0.25) is 5.02 Å². The minimum absolute atomic E-state index is 0.533. The van der Waals surface area contributed by atoms with Crippen molar-refractivity contribution in [3.63, 3.8) is 0 Å². The zero-order valence-corrected chi connectivity index (χ0v) is 7.36. The highest BCUT2D eigenvalue weighted by molar-refractivity contribution is 7.80. The number of halogens is 1. The molecule has 0 aromatic carbocycles. The van der Waals surface area contributed by atoms with Gasteiger partial charge in [-0.2, -0.15) is 12.6 Å². The molecule has 0 saturated heterocycles. The molecule has 0 atom stereocenters. The van der Waals surface area contributed by atoms with Crippen molar-refractivity contribution in [3.8, 4) is 11.8 Å². The van der Waals surface area contributed by atoms with Crippen molar-refractivity contribution < 1.29 is 0 Å². The lowest BCUT2D eigenvalue weighted by molar-refractivity contribution is 1.31. The number of hydrogen-bond donors (Lipinski definition) is 1. The summed E-state index contributed by atoms with van der Waals surface area (Å²) in [4.78, 5) is 3.89. The van der Waals surface area contributed by atoms with Crippen molar-refractivity contribution in [2.24, 2.45) is 0 Å². The van der Waals surface area contributed by atoms with E-state index in [0.29, 0.717) is 10.8 Å². The Morgan fingerprint density at radius 3 is 3.09 bits per heavy atom. The average Bonchev–Trinajstić information content (AvgIpc) is 2.03. The van der Waals surface area contributed by atoms with E-state index in [4.69, 9.17) is 11.6 Å². The van der Waals surface area contributed by atoms with E-state index in [0.717, 1.165) is 5.56 Å². The van der Waals surface area contributed by atoms with Crippen LogP contribution >= 0.6 is 24.2 Å². The first-order valence-electron chi connectivity index (χ1n) is 3.04. The highest BCUT2D eigenvalue weighted by Crippen LogP contribution is 2.11. The molecule has 0 N–H and O–H groups in total. The summed E-state index contributed by atoms with van der Waals surface area (Å²) in [5.41, 5.74) is 0.753. The van der Waals surface area contributed by atoms with E-state index >= 15 is 0 Å². The quantitative estimate of drug-likeness (QED) is 0.480. The van der Waals surface area contributed by atoms with Gasteiger partial charge < -0.3 is 0 Å². The zero-order chi connectivity index (χ0) is 8.10. The molecule has 1 nitrogen and oxygen atoms in total. The molecule has 1 aromatic rings. The average molecular weight is 184 g/mol. The van der Waals surface area contributed by atoms with Crippen LogP contribution in [-0.4, -0.2) is 10.7 Å². The Morgan fingerprint density at radius 1 is 1.64 bits per heavy atom. The van der Waals surface area contributed by atoms with Gasteiger partial charge in [-0.3, -0.25) is 4.98 Å². The van der Waals surface area contributed by atoms with E-state index in [1.807, 2.05) is 0 Å². The van der Waals surface area contributed by atoms with Crippen molar-refractivity contribution in [3.05, 3.63) is 29.0 Å². The molecular weight excluding hydrogens is 178 g/mol. The fourth-order valence-corrected chi connectivity index (χ4v) is 0.836. The minimum Gasteiger partial charge on any atom is -0.263 e. The predicted molar refractivity (Wildman–Crippen MR) is 50.0 cm³/mol. The summed E-state index contributed by atoms with van der Waals surface area (Å²) >= 11 is 9.74. The van der Waals surface area contributed by atoms with Crippen LogP contribution in [0.1, 0.15) is 5.56 Å². The largest absolute Gasteiger partial charge is 0.263 e. The Labute approximate surface area is 76.2 Å². The van der Waals surface area contributed by atoms with Crippen molar-refractivity contribution >= 4 is 24.2 Å². The first-order chi connectivity index (χ1) is 5.34. The van der Waals surface area contributed by atoms with Crippen LogP contribution in [-0.2, 0) is 0 Å². The van der Waals surface area contributed by atoms with Gasteiger partial charge in [-0.15, -0.1) is 0 Å². The van der Waals surface area contributed by atoms with E-state index < -0.39 is 0 Å². The molecule has 0 bridgehead atoms. The fraction of sp³-hybridized carbons (Fsp3) is 0.125. The first-order valence-corrected chi connectivity index (χ1v) is 4.05. The molecule has 0 radical (unpaired) electrons.